The number of carbonyl (C=O) groups is 1. The first-order valence-electron chi connectivity index (χ1n) is 5.68. The molecule has 0 spiro atoms. The van der Waals surface area contributed by atoms with Gasteiger partial charge < -0.3 is 10.0 Å². The predicted octanol–water partition coefficient (Wildman–Crippen LogP) is 2.50. The molecule has 0 atom stereocenters. The fourth-order valence-corrected chi connectivity index (χ4v) is 3.00. The summed E-state index contributed by atoms with van der Waals surface area (Å²) in [5, 5.41) is 11.2. The lowest BCUT2D eigenvalue weighted by molar-refractivity contribution is 0.0691. The highest BCUT2D eigenvalue weighted by molar-refractivity contribution is 7.13. The van der Waals surface area contributed by atoms with Gasteiger partial charge in [-0.1, -0.05) is 0 Å². The van der Waals surface area contributed by atoms with Crippen molar-refractivity contribution in [1.82, 2.24) is 4.98 Å². The maximum absolute atomic E-state index is 10.8. The topological polar surface area (TPSA) is 53.4 Å². The Kier molecular flexibility index (Phi) is 2.56. The Labute approximate surface area is 109 Å². The molecule has 0 fully saturated rings. The molecule has 2 aromatic rings. The van der Waals surface area contributed by atoms with E-state index in [0.717, 1.165) is 23.5 Å². The standard InChI is InChI=1S/C13H12N2O2S/c1-15-5-4-8-6-9(2-3-11(8)15)12-14-10(7-18-12)13(16)17/h2-3,6-7H,4-5H2,1H3,(H,16,17). The molecule has 0 amide bonds. The molecule has 0 aliphatic carbocycles. The molecule has 0 unspecified atom stereocenters. The smallest absolute Gasteiger partial charge is 0.355 e. The first-order chi connectivity index (χ1) is 8.65. The summed E-state index contributed by atoms with van der Waals surface area (Å²) in [6.07, 6.45) is 1.04. The van der Waals surface area contributed by atoms with E-state index in [1.165, 1.54) is 22.6 Å². The maximum atomic E-state index is 10.8. The van der Waals surface area contributed by atoms with Gasteiger partial charge in [0.15, 0.2) is 5.69 Å². The average Bonchev–Trinajstić information content (AvgIpc) is 2.96. The van der Waals surface area contributed by atoms with Crippen molar-refractivity contribution in [1.29, 1.82) is 0 Å². The van der Waals surface area contributed by atoms with Crippen LogP contribution < -0.4 is 4.90 Å². The average molecular weight is 260 g/mol. The van der Waals surface area contributed by atoms with Crippen LogP contribution in [-0.4, -0.2) is 29.7 Å². The minimum atomic E-state index is -0.974. The van der Waals surface area contributed by atoms with E-state index in [2.05, 4.69) is 29.1 Å². The molecule has 18 heavy (non-hydrogen) atoms. The molecule has 1 aliphatic heterocycles. The molecule has 0 radical (unpaired) electrons. The lowest BCUT2D eigenvalue weighted by atomic mass is 10.1. The van der Waals surface area contributed by atoms with Crippen molar-refractivity contribution in [2.75, 3.05) is 18.5 Å². The number of anilines is 1. The van der Waals surface area contributed by atoms with Gasteiger partial charge in [0.05, 0.1) is 0 Å². The number of likely N-dealkylation sites (N-methyl/N-ethyl adjacent to an activating group) is 1. The molecule has 1 N–H and O–H groups in total. The molecule has 92 valence electrons. The van der Waals surface area contributed by atoms with E-state index in [0.29, 0.717) is 0 Å². The Morgan fingerprint density at radius 3 is 3.06 bits per heavy atom. The Hall–Kier alpha value is -1.88. The van der Waals surface area contributed by atoms with Crippen LogP contribution >= 0.6 is 11.3 Å². The molecular formula is C13H12N2O2S. The minimum Gasteiger partial charge on any atom is -0.476 e. The number of hydrogen-bond acceptors (Lipinski definition) is 4. The number of benzene rings is 1. The third-order valence-corrected chi connectivity index (χ3v) is 4.07. The fraction of sp³-hybridized carbons (Fsp3) is 0.231. The van der Waals surface area contributed by atoms with Crippen molar-refractivity contribution in [3.63, 3.8) is 0 Å². The quantitative estimate of drug-likeness (QED) is 0.901. The predicted molar refractivity (Wildman–Crippen MR) is 71.5 cm³/mol. The van der Waals surface area contributed by atoms with Gasteiger partial charge in [-0.05, 0) is 30.2 Å². The molecule has 1 aromatic heterocycles. The summed E-state index contributed by atoms with van der Waals surface area (Å²) < 4.78 is 0. The third kappa shape index (κ3) is 1.76. The van der Waals surface area contributed by atoms with Crippen molar-refractivity contribution in [3.05, 3.63) is 34.8 Å². The number of aromatic carboxylic acids is 1. The maximum Gasteiger partial charge on any atom is 0.355 e. The summed E-state index contributed by atoms with van der Waals surface area (Å²) in [7, 11) is 2.08. The molecule has 1 aliphatic rings. The summed E-state index contributed by atoms with van der Waals surface area (Å²) in [6, 6.07) is 6.20. The minimum absolute atomic E-state index is 0.118. The summed E-state index contributed by atoms with van der Waals surface area (Å²) in [5.74, 6) is -0.974. The molecular weight excluding hydrogens is 248 g/mol. The number of nitrogens with zero attached hydrogens (tertiary/aromatic N) is 2. The van der Waals surface area contributed by atoms with Crippen LogP contribution in [0, 0.1) is 0 Å². The third-order valence-electron chi connectivity index (χ3n) is 3.18. The van der Waals surface area contributed by atoms with E-state index in [9.17, 15) is 4.79 Å². The Morgan fingerprint density at radius 1 is 1.50 bits per heavy atom. The van der Waals surface area contributed by atoms with E-state index in [-0.39, 0.29) is 5.69 Å². The van der Waals surface area contributed by atoms with Crippen LogP contribution in [0.5, 0.6) is 0 Å². The van der Waals surface area contributed by atoms with Gasteiger partial charge in [0.1, 0.15) is 5.01 Å². The highest BCUT2D eigenvalue weighted by Gasteiger charge is 2.17. The lowest BCUT2D eigenvalue weighted by Crippen LogP contribution is -2.12. The number of carboxylic acids is 1. The zero-order valence-electron chi connectivity index (χ0n) is 9.88. The van der Waals surface area contributed by atoms with Crippen molar-refractivity contribution in [2.24, 2.45) is 0 Å². The highest BCUT2D eigenvalue weighted by atomic mass is 32.1. The second kappa shape index (κ2) is 4.10. The molecule has 0 saturated heterocycles. The van der Waals surface area contributed by atoms with Crippen molar-refractivity contribution in [2.45, 2.75) is 6.42 Å². The van der Waals surface area contributed by atoms with Gasteiger partial charge in [0, 0.05) is 30.2 Å². The summed E-state index contributed by atoms with van der Waals surface area (Å²) in [6.45, 7) is 1.04. The summed E-state index contributed by atoms with van der Waals surface area (Å²) in [5.41, 5.74) is 3.69. The van der Waals surface area contributed by atoms with Gasteiger partial charge in [0.2, 0.25) is 0 Å². The van der Waals surface area contributed by atoms with Gasteiger partial charge in [-0.15, -0.1) is 11.3 Å². The van der Waals surface area contributed by atoms with Gasteiger partial charge in [0.25, 0.3) is 0 Å². The number of rotatable bonds is 2. The SMILES string of the molecule is CN1CCc2cc(-c3nc(C(=O)O)cs3)ccc21. The second-order valence-electron chi connectivity index (χ2n) is 4.36. The molecule has 5 heteroatoms. The molecule has 4 nitrogen and oxygen atoms in total. The van der Waals surface area contributed by atoms with Gasteiger partial charge in [-0.25, -0.2) is 9.78 Å². The van der Waals surface area contributed by atoms with E-state index in [1.807, 2.05) is 6.07 Å². The first-order valence-corrected chi connectivity index (χ1v) is 6.56. The number of thiazole rings is 1. The highest BCUT2D eigenvalue weighted by Crippen LogP contribution is 2.32. The van der Waals surface area contributed by atoms with E-state index in [1.54, 1.807) is 5.38 Å². The van der Waals surface area contributed by atoms with Crippen molar-refractivity contribution >= 4 is 23.0 Å². The molecule has 0 saturated carbocycles. The van der Waals surface area contributed by atoms with Crippen LogP contribution in [0.2, 0.25) is 0 Å². The van der Waals surface area contributed by atoms with E-state index >= 15 is 0 Å². The van der Waals surface area contributed by atoms with Crippen LogP contribution in [0.25, 0.3) is 10.6 Å². The van der Waals surface area contributed by atoms with Gasteiger partial charge in [-0.2, -0.15) is 0 Å². The van der Waals surface area contributed by atoms with Crippen LogP contribution in [0.15, 0.2) is 23.6 Å². The first kappa shape index (κ1) is 11.2. The van der Waals surface area contributed by atoms with Crippen LogP contribution in [0.3, 0.4) is 0 Å². The Balaban J connectivity index is 1.99. The van der Waals surface area contributed by atoms with Crippen molar-refractivity contribution in [3.8, 4) is 10.6 Å². The zero-order chi connectivity index (χ0) is 12.7. The Morgan fingerprint density at radius 2 is 2.33 bits per heavy atom. The van der Waals surface area contributed by atoms with Crippen LogP contribution in [0.4, 0.5) is 5.69 Å². The zero-order valence-corrected chi connectivity index (χ0v) is 10.7. The van der Waals surface area contributed by atoms with Gasteiger partial charge >= 0.3 is 5.97 Å². The second-order valence-corrected chi connectivity index (χ2v) is 5.22. The van der Waals surface area contributed by atoms with E-state index < -0.39 is 5.97 Å². The number of carboxylic acid groups (broad SMARTS) is 1. The largest absolute Gasteiger partial charge is 0.476 e. The molecule has 2 heterocycles. The van der Waals surface area contributed by atoms with Crippen molar-refractivity contribution < 1.29 is 9.90 Å². The Bertz CT molecular complexity index is 621. The fourth-order valence-electron chi connectivity index (χ4n) is 2.20. The number of aromatic nitrogens is 1. The number of fused-ring (bicyclic) bond motifs is 1. The summed E-state index contributed by atoms with van der Waals surface area (Å²) >= 11 is 1.37. The normalized spacial score (nSPS) is 13.7. The number of hydrogen-bond donors (Lipinski definition) is 1. The van der Waals surface area contributed by atoms with Crippen LogP contribution in [-0.2, 0) is 6.42 Å². The summed E-state index contributed by atoms with van der Waals surface area (Å²) in [4.78, 5) is 17.2. The monoisotopic (exact) mass is 260 g/mol. The molecule has 3 rings (SSSR count). The molecule has 0 bridgehead atoms. The lowest BCUT2D eigenvalue weighted by Gasteiger charge is -2.11. The van der Waals surface area contributed by atoms with E-state index in [4.69, 9.17) is 5.11 Å². The molecule has 1 aromatic carbocycles. The van der Waals surface area contributed by atoms with Crippen LogP contribution in [0.1, 0.15) is 16.1 Å². The van der Waals surface area contributed by atoms with Gasteiger partial charge in [-0.3, -0.25) is 0 Å².